The highest BCUT2D eigenvalue weighted by Crippen LogP contribution is 2.16. The Labute approximate surface area is 122 Å². The summed E-state index contributed by atoms with van der Waals surface area (Å²) in [6.07, 6.45) is 4.41. The molecule has 1 aromatic carbocycles. The number of aromatic nitrogens is 3. The Morgan fingerprint density at radius 3 is 2.76 bits per heavy atom. The molecule has 0 atom stereocenters. The van der Waals surface area contributed by atoms with Gasteiger partial charge in [-0.25, -0.2) is 9.97 Å². The minimum absolute atomic E-state index is 0.0444. The Morgan fingerprint density at radius 2 is 2.00 bits per heavy atom. The molecule has 2 heterocycles. The maximum Gasteiger partial charge on any atom is 0.251 e. The third-order valence-electron chi connectivity index (χ3n) is 3.25. The number of rotatable bonds is 4. The molecule has 0 radical (unpaired) electrons. The van der Waals surface area contributed by atoms with Crippen LogP contribution in [0.3, 0.4) is 0 Å². The van der Waals surface area contributed by atoms with Crippen molar-refractivity contribution in [2.45, 2.75) is 13.3 Å². The fourth-order valence-corrected chi connectivity index (χ4v) is 2.15. The molecule has 0 bridgehead atoms. The molecule has 1 amide bonds. The molecule has 5 heteroatoms. The zero-order valence-corrected chi connectivity index (χ0v) is 11.8. The van der Waals surface area contributed by atoms with Gasteiger partial charge in [0.05, 0.1) is 0 Å². The molecule has 21 heavy (non-hydrogen) atoms. The molecule has 0 fully saturated rings. The van der Waals surface area contributed by atoms with Gasteiger partial charge >= 0.3 is 0 Å². The molecule has 0 spiro atoms. The number of amides is 1. The van der Waals surface area contributed by atoms with Gasteiger partial charge in [0.1, 0.15) is 11.8 Å². The molecule has 0 saturated heterocycles. The standard InChI is InChI=1S/C16H16N4O/c1-2-9-18-16(21)12-5-7-13(8-6-12)20-11-19-14-4-3-10-17-15(14)20/h3-8,10-11H,2,9H2,1H3,(H,18,21). The lowest BCUT2D eigenvalue weighted by molar-refractivity contribution is 0.0953. The molecule has 5 nitrogen and oxygen atoms in total. The predicted octanol–water partition coefficient (Wildman–Crippen LogP) is 2.56. The fourth-order valence-electron chi connectivity index (χ4n) is 2.15. The molecule has 0 unspecified atom stereocenters. The lowest BCUT2D eigenvalue weighted by Gasteiger charge is -2.06. The summed E-state index contributed by atoms with van der Waals surface area (Å²) in [5.74, 6) is -0.0444. The largest absolute Gasteiger partial charge is 0.352 e. The lowest BCUT2D eigenvalue weighted by Crippen LogP contribution is -2.23. The number of nitrogens with one attached hydrogen (secondary N) is 1. The average molecular weight is 280 g/mol. The number of carbonyl (C=O) groups is 1. The molecule has 3 rings (SSSR count). The van der Waals surface area contributed by atoms with Crippen molar-refractivity contribution in [2.75, 3.05) is 6.54 Å². The second-order valence-corrected chi connectivity index (χ2v) is 4.76. The smallest absolute Gasteiger partial charge is 0.251 e. The average Bonchev–Trinajstić information content (AvgIpc) is 2.97. The van der Waals surface area contributed by atoms with E-state index >= 15 is 0 Å². The van der Waals surface area contributed by atoms with Gasteiger partial charge in [-0.15, -0.1) is 0 Å². The van der Waals surface area contributed by atoms with Crippen molar-refractivity contribution in [1.29, 1.82) is 0 Å². The van der Waals surface area contributed by atoms with Crippen LogP contribution in [0.1, 0.15) is 23.7 Å². The minimum atomic E-state index is -0.0444. The van der Waals surface area contributed by atoms with Crippen LogP contribution in [0.4, 0.5) is 0 Å². The summed E-state index contributed by atoms with van der Waals surface area (Å²) in [6, 6.07) is 11.2. The number of fused-ring (bicyclic) bond motifs is 1. The molecule has 1 N–H and O–H groups in total. The van der Waals surface area contributed by atoms with E-state index in [0.717, 1.165) is 23.3 Å². The number of carbonyl (C=O) groups excluding carboxylic acids is 1. The third-order valence-corrected chi connectivity index (χ3v) is 3.25. The van der Waals surface area contributed by atoms with E-state index in [9.17, 15) is 4.79 Å². The maximum atomic E-state index is 11.9. The Kier molecular flexibility index (Phi) is 3.64. The first kappa shape index (κ1) is 13.3. The Bertz CT molecular complexity index is 761. The minimum Gasteiger partial charge on any atom is -0.352 e. The summed E-state index contributed by atoms with van der Waals surface area (Å²) in [6.45, 7) is 2.72. The van der Waals surface area contributed by atoms with Gasteiger partial charge in [0.2, 0.25) is 0 Å². The Morgan fingerprint density at radius 1 is 1.19 bits per heavy atom. The van der Waals surface area contributed by atoms with Gasteiger partial charge in [0.25, 0.3) is 5.91 Å². The number of benzene rings is 1. The summed E-state index contributed by atoms with van der Waals surface area (Å²) in [5.41, 5.74) is 3.25. The van der Waals surface area contributed by atoms with E-state index in [4.69, 9.17) is 0 Å². The number of nitrogens with zero attached hydrogens (tertiary/aromatic N) is 3. The normalized spacial score (nSPS) is 10.7. The van der Waals surface area contributed by atoms with Gasteiger partial charge in [-0.05, 0) is 42.8 Å². The number of hydrogen-bond donors (Lipinski definition) is 1. The van der Waals surface area contributed by atoms with Gasteiger partial charge in [-0.1, -0.05) is 6.92 Å². The number of pyridine rings is 1. The lowest BCUT2D eigenvalue weighted by atomic mass is 10.2. The number of hydrogen-bond acceptors (Lipinski definition) is 3. The molecule has 0 aliphatic rings. The Balaban J connectivity index is 1.89. The first-order valence-electron chi connectivity index (χ1n) is 6.96. The second-order valence-electron chi connectivity index (χ2n) is 4.76. The van der Waals surface area contributed by atoms with Crippen LogP contribution in [0, 0.1) is 0 Å². The molecule has 0 saturated carbocycles. The van der Waals surface area contributed by atoms with Crippen molar-refractivity contribution < 1.29 is 4.79 Å². The van der Waals surface area contributed by atoms with Crippen LogP contribution in [0.25, 0.3) is 16.9 Å². The summed E-state index contributed by atoms with van der Waals surface area (Å²) in [4.78, 5) is 20.5. The highest BCUT2D eigenvalue weighted by atomic mass is 16.1. The maximum absolute atomic E-state index is 11.9. The zero-order valence-electron chi connectivity index (χ0n) is 11.8. The summed E-state index contributed by atoms with van der Waals surface area (Å²) in [7, 11) is 0. The first-order chi connectivity index (χ1) is 10.3. The van der Waals surface area contributed by atoms with Gasteiger partial charge in [0, 0.05) is 24.0 Å². The quantitative estimate of drug-likeness (QED) is 0.799. The van der Waals surface area contributed by atoms with Crippen LogP contribution in [-0.4, -0.2) is 27.0 Å². The van der Waals surface area contributed by atoms with Crippen LogP contribution in [0.5, 0.6) is 0 Å². The van der Waals surface area contributed by atoms with Gasteiger partial charge in [0.15, 0.2) is 5.65 Å². The SMILES string of the molecule is CCCNC(=O)c1ccc(-n2cnc3cccnc32)cc1. The van der Waals surface area contributed by atoms with E-state index in [-0.39, 0.29) is 5.91 Å². The van der Waals surface area contributed by atoms with Crippen molar-refractivity contribution in [3.05, 3.63) is 54.5 Å². The van der Waals surface area contributed by atoms with Crippen molar-refractivity contribution in [3.63, 3.8) is 0 Å². The molecular formula is C16H16N4O. The van der Waals surface area contributed by atoms with E-state index in [2.05, 4.69) is 15.3 Å². The zero-order chi connectivity index (χ0) is 14.7. The molecule has 106 valence electrons. The molecule has 3 aromatic rings. The topological polar surface area (TPSA) is 59.8 Å². The summed E-state index contributed by atoms with van der Waals surface area (Å²) >= 11 is 0. The van der Waals surface area contributed by atoms with Crippen LogP contribution in [0.15, 0.2) is 48.9 Å². The van der Waals surface area contributed by atoms with Gasteiger partial charge < -0.3 is 5.32 Å². The number of imidazole rings is 1. The summed E-state index contributed by atoms with van der Waals surface area (Å²) < 4.78 is 1.91. The second kappa shape index (κ2) is 5.75. The van der Waals surface area contributed by atoms with Crippen molar-refractivity contribution >= 4 is 17.1 Å². The molecular weight excluding hydrogens is 264 g/mol. The van der Waals surface area contributed by atoms with E-state index in [1.54, 1.807) is 12.5 Å². The highest BCUT2D eigenvalue weighted by Gasteiger charge is 2.07. The van der Waals surface area contributed by atoms with Gasteiger partial charge in [-0.2, -0.15) is 0 Å². The third kappa shape index (κ3) is 2.63. The van der Waals surface area contributed by atoms with Crippen LogP contribution in [-0.2, 0) is 0 Å². The van der Waals surface area contributed by atoms with Crippen LogP contribution < -0.4 is 5.32 Å². The van der Waals surface area contributed by atoms with E-state index in [1.165, 1.54) is 0 Å². The fraction of sp³-hybridized carbons (Fsp3) is 0.188. The van der Waals surface area contributed by atoms with Crippen molar-refractivity contribution in [2.24, 2.45) is 0 Å². The Hall–Kier alpha value is -2.69. The molecule has 0 aliphatic heterocycles. The highest BCUT2D eigenvalue weighted by molar-refractivity contribution is 5.94. The predicted molar refractivity (Wildman–Crippen MR) is 81.5 cm³/mol. The van der Waals surface area contributed by atoms with E-state index in [0.29, 0.717) is 12.1 Å². The van der Waals surface area contributed by atoms with Crippen molar-refractivity contribution in [1.82, 2.24) is 19.9 Å². The molecule has 0 aliphatic carbocycles. The monoisotopic (exact) mass is 280 g/mol. The van der Waals surface area contributed by atoms with Crippen LogP contribution in [0.2, 0.25) is 0 Å². The molecule has 2 aromatic heterocycles. The van der Waals surface area contributed by atoms with Gasteiger partial charge in [-0.3, -0.25) is 9.36 Å². The summed E-state index contributed by atoms with van der Waals surface area (Å²) in [5, 5.41) is 2.86. The first-order valence-corrected chi connectivity index (χ1v) is 6.96. The van der Waals surface area contributed by atoms with E-state index < -0.39 is 0 Å². The van der Waals surface area contributed by atoms with E-state index in [1.807, 2.05) is 47.9 Å². The van der Waals surface area contributed by atoms with Crippen LogP contribution >= 0.6 is 0 Å². The van der Waals surface area contributed by atoms with Crippen molar-refractivity contribution in [3.8, 4) is 5.69 Å².